The van der Waals surface area contributed by atoms with E-state index < -0.39 is 15.1 Å². The lowest BCUT2D eigenvalue weighted by atomic mass is 9.96. The maximum Gasteiger partial charge on any atom is 0.181 e. The second-order valence-corrected chi connectivity index (χ2v) is 9.10. The van der Waals surface area contributed by atoms with Gasteiger partial charge in [0.05, 0.1) is 17.3 Å². The Bertz CT molecular complexity index is 914. The third kappa shape index (κ3) is 4.72. The SMILES string of the molecule is C=C1CC[CH]C(S(=O)(=O)c2ccc(OCc3cc(C)cc(OC)c3)cc2)C1. The number of sulfone groups is 1. The summed E-state index contributed by atoms with van der Waals surface area (Å²) in [5.74, 6) is 1.42. The highest BCUT2D eigenvalue weighted by molar-refractivity contribution is 7.92. The van der Waals surface area contributed by atoms with Crippen molar-refractivity contribution in [3.8, 4) is 11.5 Å². The molecule has 1 radical (unpaired) electrons. The summed E-state index contributed by atoms with van der Waals surface area (Å²) in [5, 5.41) is -0.481. The summed E-state index contributed by atoms with van der Waals surface area (Å²) in [6.07, 6.45) is 4.04. The average molecular weight is 386 g/mol. The molecule has 0 amide bonds. The summed E-state index contributed by atoms with van der Waals surface area (Å²) in [5.41, 5.74) is 3.10. The molecule has 2 aromatic rings. The van der Waals surface area contributed by atoms with Crippen LogP contribution in [0.1, 0.15) is 30.4 Å². The van der Waals surface area contributed by atoms with Gasteiger partial charge in [-0.15, -0.1) is 0 Å². The van der Waals surface area contributed by atoms with Crippen molar-refractivity contribution in [2.45, 2.75) is 42.9 Å². The lowest BCUT2D eigenvalue weighted by Gasteiger charge is -2.23. The van der Waals surface area contributed by atoms with Crippen LogP contribution < -0.4 is 9.47 Å². The van der Waals surface area contributed by atoms with Crippen molar-refractivity contribution < 1.29 is 17.9 Å². The predicted molar refractivity (Wildman–Crippen MR) is 107 cm³/mol. The monoisotopic (exact) mass is 385 g/mol. The van der Waals surface area contributed by atoms with Crippen LogP contribution in [0.2, 0.25) is 0 Å². The Labute approximate surface area is 161 Å². The molecule has 143 valence electrons. The van der Waals surface area contributed by atoms with Gasteiger partial charge >= 0.3 is 0 Å². The first-order chi connectivity index (χ1) is 12.9. The summed E-state index contributed by atoms with van der Waals surface area (Å²) < 4.78 is 36.7. The van der Waals surface area contributed by atoms with E-state index in [4.69, 9.17) is 9.47 Å². The molecule has 0 bridgehead atoms. The van der Waals surface area contributed by atoms with Crippen molar-refractivity contribution in [2.24, 2.45) is 0 Å². The second-order valence-electron chi connectivity index (χ2n) is 6.93. The van der Waals surface area contributed by atoms with E-state index in [-0.39, 0.29) is 0 Å². The molecule has 3 rings (SSSR count). The fraction of sp³-hybridized carbons (Fsp3) is 0.318. The Morgan fingerprint density at radius 2 is 1.85 bits per heavy atom. The van der Waals surface area contributed by atoms with E-state index in [0.717, 1.165) is 35.3 Å². The van der Waals surface area contributed by atoms with Crippen LogP contribution in [0.25, 0.3) is 0 Å². The number of allylic oxidation sites excluding steroid dienone is 1. The van der Waals surface area contributed by atoms with Gasteiger partial charge in [0.2, 0.25) is 0 Å². The van der Waals surface area contributed by atoms with Crippen molar-refractivity contribution in [1.29, 1.82) is 0 Å². The minimum atomic E-state index is -3.38. The number of ether oxygens (including phenoxy) is 2. The van der Waals surface area contributed by atoms with Gasteiger partial charge in [-0.25, -0.2) is 8.42 Å². The number of benzene rings is 2. The van der Waals surface area contributed by atoms with Gasteiger partial charge in [0.15, 0.2) is 9.84 Å². The molecule has 4 nitrogen and oxygen atoms in total. The summed E-state index contributed by atoms with van der Waals surface area (Å²) in [6, 6.07) is 12.6. The van der Waals surface area contributed by atoms with Crippen LogP contribution in [-0.4, -0.2) is 20.8 Å². The molecule has 1 aliphatic carbocycles. The van der Waals surface area contributed by atoms with E-state index in [2.05, 4.69) is 6.58 Å². The van der Waals surface area contributed by atoms with Gasteiger partial charge in [-0.05, 0) is 80.1 Å². The van der Waals surface area contributed by atoms with E-state index in [9.17, 15) is 8.42 Å². The lowest BCUT2D eigenvalue weighted by Crippen LogP contribution is -2.25. The Hall–Kier alpha value is -2.27. The van der Waals surface area contributed by atoms with Gasteiger partial charge in [0.25, 0.3) is 0 Å². The number of methoxy groups -OCH3 is 1. The third-order valence-corrected chi connectivity index (χ3v) is 6.81. The molecule has 1 fully saturated rings. The van der Waals surface area contributed by atoms with Crippen LogP contribution >= 0.6 is 0 Å². The highest BCUT2D eigenvalue weighted by Gasteiger charge is 2.30. The van der Waals surface area contributed by atoms with Crippen LogP contribution in [0.3, 0.4) is 0 Å². The molecule has 1 saturated carbocycles. The first kappa shape index (κ1) is 19.5. The largest absolute Gasteiger partial charge is 0.497 e. The minimum Gasteiger partial charge on any atom is -0.497 e. The molecule has 1 aliphatic rings. The van der Waals surface area contributed by atoms with Gasteiger partial charge in [0, 0.05) is 0 Å². The fourth-order valence-corrected chi connectivity index (χ4v) is 4.98. The molecule has 0 aliphatic heterocycles. The van der Waals surface area contributed by atoms with Crippen LogP contribution in [0.5, 0.6) is 11.5 Å². The molecule has 0 saturated heterocycles. The average Bonchev–Trinajstić information content (AvgIpc) is 2.66. The Morgan fingerprint density at radius 3 is 2.52 bits per heavy atom. The first-order valence-electron chi connectivity index (χ1n) is 9.00. The maximum atomic E-state index is 12.8. The standard InChI is InChI=1S/C22H25O4S/c1-16-5-4-6-22(13-16)27(23,24)21-9-7-19(8-10-21)26-15-18-11-17(2)12-20(14-18)25-3/h6-12,14,22H,1,4-5,13,15H2,2-3H3. The molecular formula is C22H25O4S. The van der Waals surface area contributed by atoms with Crippen molar-refractivity contribution >= 4 is 9.84 Å². The summed E-state index contributed by atoms with van der Waals surface area (Å²) >= 11 is 0. The molecule has 0 N–H and O–H groups in total. The Kier molecular flexibility index (Phi) is 5.90. The van der Waals surface area contributed by atoms with Crippen LogP contribution in [-0.2, 0) is 16.4 Å². The Balaban J connectivity index is 1.68. The molecule has 2 aromatic carbocycles. The molecule has 0 heterocycles. The number of rotatable bonds is 6. The van der Waals surface area contributed by atoms with Gasteiger partial charge in [-0.2, -0.15) is 0 Å². The fourth-order valence-electron chi connectivity index (χ4n) is 3.27. The zero-order valence-electron chi connectivity index (χ0n) is 15.8. The van der Waals surface area contributed by atoms with Gasteiger partial charge < -0.3 is 9.47 Å². The minimum absolute atomic E-state index is 0.322. The van der Waals surface area contributed by atoms with E-state index >= 15 is 0 Å². The summed E-state index contributed by atoms with van der Waals surface area (Å²) in [7, 11) is -1.75. The smallest absolute Gasteiger partial charge is 0.181 e. The van der Waals surface area contributed by atoms with Crippen LogP contribution in [0.15, 0.2) is 59.5 Å². The normalized spacial score (nSPS) is 17.6. The summed E-state index contributed by atoms with van der Waals surface area (Å²) in [6.45, 7) is 6.34. The molecule has 0 aromatic heterocycles. The first-order valence-corrected chi connectivity index (χ1v) is 10.5. The second kappa shape index (κ2) is 8.17. The zero-order valence-corrected chi connectivity index (χ0v) is 16.6. The molecule has 27 heavy (non-hydrogen) atoms. The molecule has 0 spiro atoms. The van der Waals surface area contributed by atoms with Crippen molar-refractivity contribution in [3.63, 3.8) is 0 Å². The van der Waals surface area contributed by atoms with Gasteiger partial charge in [-0.3, -0.25) is 0 Å². The maximum absolute atomic E-state index is 12.8. The van der Waals surface area contributed by atoms with Crippen LogP contribution in [0.4, 0.5) is 0 Å². The molecule has 5 heteroatoms. The van der Waals surface area contributed by atoms with Gasteiger partial charge in [0.1, 0.15) is 18.1 Å². The van der Waals surface area contributed by atoms with E-state index in [1.54, 1.807) is 31.4 Å². The molecule has 1 atom stereocenters. The lowest BCUT2D eigenvalue weighted by molar-refractivity contribution is 0.305. The Morgan fingerprint density at radius 1 is 1.11 bits per heavy atom. The van der Waals surface area contributed by atoms with Crippen LogP contribution in [0, 0.1) is 13.3 Å². The molecule has 1 unspecified atom stereocenters. The summed E-state index contributed by atoms with van der Waals surface area (Å²) in [4.78, 5) is 0.322. The predicted octanol–water partition coefficient (Wildman–Crippen LogP) is 4.67. The number of aryl methyl sites for hydroxylation is 1. The quantitative estimate of drug-likeness (QED) is 0.678. The van der Waals surface area contributed by atoms with E-state index in [0.29, 0.717) is 23.7 Å². The number of hydrogen-bond acceptors (Lipinski definition) is 4. The van der Waals surface area contributed by atoms with Gasteiger partial charge in [-0.1, -0.05) is 18.2 Å². The van der Waals surface area contributed by atoms with Crippen molar-refractivity contribution in [2.75, 3.05) is 7.11 Å². The number of hydrogen-bond donors (Lipinski definition) is 0. The van der Waals surface area contributed by atoms with Crippen molar-refractivity contribution in [1.82, 2.24) is 0 Å². The van der Waals surface area contributed by atoms with Crippen molar-refractivity contribution in [3.05, 3.63) is 72.2 Å². The third-order valence-electron chi connectivity index (χ3n) is 4.72. The van der Waals surface area contributed by atoms with E-state index in [1.807, 2.05) is 31.5 Å². The highest BCUT2D eigenvalue weighted by atomic mass is 32.2. The highest BCUT2D eigenvalue weighted by Crippen LogP contribution is 2.31. The topological polar surface area (TPSA) is 52.6 Å². The molecular weight excluding hydrogens is 360 g/mol. The van der Waals surface area contributed by atoms with E-state index in [1.165, 1.54) is 0 Å². The zero-order chi connectivity index (χ0) is 19.4.